The van der Waals surface area contributed by atoms with Crippen molar-refractivity contribution >= 4 is 0 Å². The van der Waals surface area contributed by atoms with Crippen LogP contribution < -0.4 is 0 Å². The van der Waals surface area contributed by atoms with Crippen molar-refractivity contribution in [3.05, 3.63) is 0 Å². The maximum Gasteiger partial charge on any atom is 0.0512 e. The third-order valence-corrected chi connectivity index (χ3v) is 3.31. The molecule has 84 valence electrons. The van der Waals surface area contributed by atoms with Gasteiger partial charge in [0.1, 0.15) is 0 Å². The lowest BCUT2D eigenvalue weighted by Gasteiger charge is -2.36. The molecule has 1 unspecified atom stereocenters. The average molecular weight is 199 g/mol. The Hall–Kier alpha value is -0.0800. The predicted molar refractivity (Wildman–Crippen MR) is 60.4 cm³/mol. The molecule has 1 heterocycles. The van der Waals surface area contributed by atoms with Crippen LogP contribution in [0.2, 0.25) is 0 Å². The third kappa shape index (κ3) is 4.43. The van der Waals surface area contributed by atoms with Crippen LogP contribution in [0.25, 0.3) is 0 Å². The fourth-order valence-electron chi connectivity index (χ4n) is 1.99. The molecule has 1 saturated heterocycles. The van der Waals surface area contributed by atoms with Crippen molar-refractivity contribution in [2.75, 3.05) is 19.6 Å². The van der Waals surface area contributed by atoms with Crippen molar-refractivity contribution < 1.29 is 5.11 Å². The lowest BCUT2D eigenvalue weighted by atomic mass is 9.82. The monoisotopic (exact) mass is 199 g/mol. The second-order valence-electron chi connectivity index (χ2n) is 5.50. The van der Waals surface area contributed by atoms with Gasteiger partial charge in [-0.15, -0.1) is 0 Å². The highest BCUT2D eigenvalue weighted by atomic mass is 16.3. The van der Waals surface area contributed by atoms with E-state index < -0.39 is 0 Å². The minimum atomic E-state index is -0.128. The molecule has 1 aliphatic rings. The lowest BCUT2D eigenvalue weighted by Crippen LogP contribution is -2.37. The molecule has 0 amide bonds. The zero-order chi connectivity index (χ0) is 10.6. The summed E-state index contributed by atoms with van der Waals surface area (Å²) in [6.07, 6.45) is 4.60. The van der Waals surface area contributed by atoms with Gasteiger partial charge in [-0.05, 0) is 57.7 Å². The summed E-state index contributed by atoms with van der Waals surface area (Å²) in [5.74, 6) is 0. The van der Waals surface area contributed by atoms with E-state index in [0.717, 1.165) is 12.8 Å². The minimum absolute atomic E-state index is 0.128. The minimum Gasteiger partial charge on any atom is -0.393 e. The Morgan fingerprint density at radius 2 is 1.86 bits per heavy atom. The van der Waals surface area contributed by atoms with Gasteiger partial charge in [0.2, 0.25) is 0 Å². The van der Waals surface area contributed by atoms with Gasteiger partial charge in [-0.2, -0.15) is 0 Å². The van der Waals surface area contributed by atoms with E-state index in [2.05, 4.69) is 18.7 Å². The number of aliphatic hydroxyl groups is 1. The van der Waals surface area contributed by atoms with Crippen LogP contribution in [0.3, 0.4) is 0 Å². The third-order valence-electron chi connectivity index (χ3n) is 3.31. The summed E-state index contributed by atoms with van der Waals surface area (Å²) < 4.78 is 0. The Labute approximate surface area is 88.3 Å². The maximum atomic E-state index is 9.15. The standard InChI is InChI=1S/C12H25NO/c1-11(14)5-4-8-13-9-6-12(2,3)7-10-13/h11,14H,4-10H2,1-3H3. The molecule has 0 aromatic carbocycles. The van der Waals surface area contributed by atoms with Gasteiger partial charge in [0.15, 0.2) is 0 Å². The van der Waals surface area contributed by atoms with Gasteiger partial charge in [-0.3, -0.25) is 0 Å². The number of hydrogen-bond acceptors (Lipinski definition) is 2. The highest BCUT2D eigenvalue weighted by molar-refractivity contribution is 4.78. The molecule has 0 bridgehead atoms. The zero-order valence-electron chi connectivity index (χ0n) is 9.92. The van der Waals surface area contributed by atoms with Crippen molar-refractivity contribution in [3.63, 3.8) is 0 Å². The summed E-state index contributed by atoms with van der Waals surface area (Å²) in [5, 5.41) is 9.15. The quantitative estimate of drug-likeness (QED) is 0.751. The molecule has 2 nitrogen and oxygen atoms in total. The second kappa shape index (κ2) is 5.13. The van der Waals surface area contributed by atoms with Crippen LogP contribution >= 0.6 is 0 Å². The first-order chi connectivity index (χ1) is 6.49. The van der Waals surface area contributed by atoms with Gasteiger partial charge >= 0.3 is 0 Å². The van der Waals surface area contributed by atoms with Crippen molar-refractivity contribution in [1.29, 1.82) is 0 Å². The molecule has 0 radical (unpaired) electrons. The molecule has 0 aromatic heterocycles. The van der Waals surface area contributed by atoms with Crippen molar-refractivity contribution in [3.8, 4) is 0 Å². The Morgan fingerprint density at radius 1 is 1.29 bits per heavy atom. The van der Waals surface area contributed by atoms with Crippen LogP contribution in [0.1, 0.15) is 46.5 Å². The summed E-state index contributed by atoms with van der Waals surface area (Å²) in [7, 11) is 0. The highest BCUT2D eigenvalue weighted by Gasteiger charge is 2.24. The number of likely N-dealkylation sites (tertiary alicyclic amines) is 1. The number of hydrogen-bond donors (Lipinski definition) is 1. The fourth-order valence-corrected chi connectivity index (χ4v) is 1.99. The molecule has 0 aliphatic carbocycles. The summed E-state index contributed by atoms with van der Waals surface area (Å²) in [6.45, 7) is 10.3. The van der Waals surface area contributed by atoms with E-state index in [-0.39, 0.29) is 6.10 Å². The van der Waals surface area contributed by atoms with Crippen molar-refractivity contribution in [2.24, 2.45) is 5.41 Å². The van der Waals surface area contributed by atoms with Crippen LogP contribution in [-0.2, 0) is 0 Å². The summed E-state index contributed by atoms with van der Waals surface area (Å²) >= 11 is 0. The Balaban J connectivity index is 2.10. The largest absolute Gasteiger partial charge is 0.393 e. The first-order valence-electron chi connectivity index (χ1n) is 5.90. The van der Waals surface area contributed by atoms with Crippen molar-refractivity contribution in [1.82, 2.24) is 4.90 Å². The first-order valence-corrected chi connectivity index (χ1v) is 5.90. The SMILES string of the molecule is CC(O)CCCN1CCC(C)(C)CC1. The molecule has 1 N–H and O–H groups in total. The Morgan fingerprint density at radius 3 is 2.36 bits per heavy atom. The number of nitrogens with zero attached hydrogens (tertiary/aromatic N) is 1. The fraction of sp³-hybridized carbons (Fsp3) is 1.00. The molecule has 1 atom stereocenters. The van der Waals surface area contributed by atoms with Gasteiger partial charge in [0, 0.05) is 0 Å². The molecule has 0 saturated carbocycles. The van der Waals surface area contributed by atoms with Gasteiger partial charge in [0.05, 0.1) is 6.10 Å². The van der Waals surface area contributed by atoms with Gasteiger partial charge in [-0.25, -0.2) is 0 Å². The smallest absolute Gasteiger partial charge is 0.0512 e. The van der Waals surface area contributed by atoms with Crippen LogP contribution in [0, 0.1) is 5.41 Å². The van der Waals surface area contributed by atoms with Crippen LogP contribution in [0.15, 0.2) is 0 Å². The van der Waals surface area contributed by atoms with Crippen LogP contribution in [0.5, 0.6) is 0 Å². The van der Waals surface area contributed by atoms with Crippen molar-refractivity contribution in [2.45, 2.75) is 52.6 Å². The molecule has 2 heteroatoms. The van der Waals surface area contributed by atoms with Gasteiger partial charge < -0.3 is 10.0 Å². The van der Waals surface area contributed by atoms with E-state index in [1.54, 1.807) is 0 Å². The summed E-state index contributed by atoms with van der Waals surface area (Å²) in [5.41, 5.74) is 0.556. The van der Waals surface area contributed by atoms with E-state index in [9.17, 15) is 0 Å². The predicted octanol–water partition coefficient (Wildman–Crippen LogP) is 2.27. The zero-order valence-corrected chi connectivity index (χ0v) is 9.92. The summed E-state index contributed by atoms with van der Waals surface area (Å²) in [6, 6.07) is 0. The Kier molecular flexibility index (Phi) is 4.39. The number of rotatable bonds is 4. The van der Waals surface area contributed by atoms with E-state index in [1.165, 1.54) is 32.5 Å². The van der Waals surface area contributed by atoms with E-state index in [1.807, 2.05) is 6.92 Å². The van der Waals surface area contributed by atoms with Gasteiger partial charge in [-0.1, -0.05) is 13.8 Å². The van der Waals surface area contributed by atoms with Gasteiger partial charge in [0.25, 0.3) is 0 Å². The second-order valence-corrected chi connectivity index (χ2v) is 5.50. The molecular weight excluding hydrogens is 174 g/mol. The molecule has 0 aromatic rings. The molecule has 1 rings (SSSR count). The van der Waals surface area contributed by atoms with E-state index in [4.69, 9.17) is 5.11 Å². The van der Waals surface area contributed by atoms with E-state index >= 15 is 0 Å². The maximum absolute atomic E-state index is 9.15. The van der Waals surface area contributed by atoms with E-state index in [0.29, 0.717) is 5.41 Å². The number of aliphatic hydroxyl groups excluding tert-OH is 1. The molecule has 1 aliphatic heterocycles. The first kappa shape index (κ1) is 12.0. The summed E-state index contributed by atoms with van der Waals surface area (Å²) in [4.78, 5) is 2.54. The molecular formula is C12H25NO. The normalized spacial score (nSPS) is 24.9. The highest BCUT2D eigenvalue weighted by Crippen LogP contribution is 2.29. The topological polar surface area (TPSA) is 23.5 Å². The number of piperidine rings is 1. The molecule has 0 spiro atoms. The Bertz CT molecular complexity index is 156. The molecule has 14 heavy (non-hydrogen) atoms. The van der Waals surface area contributed by atoms with Crippen LogP contribution in [0.4, 0.5) is 0 Å². The van der Waals surface area contributed by atoms with Crippen LogP contribution in [-0.4, -0.2) is 35.7 Å². The molecule has 1 fully saturated rings. The lowest BCUT2D eigenvalue weighted by molar-refractivity contribution is 0.121. The average Bonchev–Trinajstić information content (AvgIpc) is 2.07.